The van der Waals surface area contributed by atoms with Crippen molar-refractivity contribution in [3.8, 4) is 0 Å². The van der Waals surface area contributed by atoms with Crippen molar-refractivity contribution in [1.29, 1.82) is 0 Å². The molecule has 0 aliphatic rings. The minimum atomic E-state index is -0.267. The van der Waals surface area contributed by atoms with E-state index in [0.717, 1.165) is 6.61 Å². The zero-order valence-corrected chi connectivity index (χ0v) is 11.1. The summed E-state index contributed by atoms with van der Waals surface area (Å²) in [6.07, 6.45) is 0.650. The first kappa shape index (κ1) is 15.4. The van der Waals surface area contributed by atoms with Crippen LogP contribution in [0.3, 0.4) is 0 Å². The Hall–Kier alpha value is -0.610. The fourth-order valence-electron chi connectivity index (χ4n) is 1.33. The van der Waals surface area contributed by atoms with Crippen LogP contribution < -0.4 is 5.32 Å². The number of hydrogen-bond donors (Lipinski definition) is 1. The van der Waals surface area contributed by atoms with Crippen LogP contribution in [0.2, 0.25) is 0 Å². The van der Waals surface area contributed by atoms with Crippen molar-refractivity contribution in [2.24, 2.45) is 5.92 Å². The molecule has 0 saturated heterocycles. The Labute approximate surface area is 98.7 Å². The molecule has 0 spiro atoms. The van der Waals surface area contributed by atoms with Crippen LogP contribution in [0.4, 0.5) is 0 Å². The fraction of sp³-hybridized carbons (Fsp3) is 0.917. The second-order valence-corrected chi connectivity index (χ2v) is 4.65. The molecular weight excluding hydrogens is 206 g/mol. The lowest BCUT2D eigenvalue weighted by atomic mass is 10.2. The van der Waals surface area contributed by atoms with Crippen LogP contribution in [-0.2, 0) is 14.3 Å². The van der Waals surface area contributed by atoms with Crippen molar-refractivity contribution in [1.82, 2.24) is 5.32 Å². The van der Waals surface area contributed by atoms with Gasteiger partial charge in [-0.05, 0) is 12.3 Å². The highest BCUT2D eigenvalue weighted by Crippen LogP contribution is 2.00. The van der Waals surface area contributed by atoms with Gasteiger partial charge in [-0.1, -0.05) is 27.7 Å². The van der Waals surface area contributed by atoms with Crippen LogP contribution in [0.5, 0.6) is 0 Å². The molecule has 0 aliphatic heterocycles. The van der Waals surface area contributed by atoms with Crippen LogP contribution in [0, 0.1) is 5.92 Å². The van der Waals surface area contributed by atoms with Crippen molar-refractivity contribution in [2.45, 2.75) is 46.2 Å². The molecule has 1 N–H and O–H groups in total. The number of nitrogens with one attached hydrogen (secondary N) is 1. The Morgan fingerprint density at radius 3 is 2.31 bits per heavy atom. The Kier molecular flexibility index (Phi) is 8.21. The van der Waals surface area contributed by atoms with E-state index in [1.165, 1.54) is 7.11 Å². The molecule has 0 rings (SSSR count). The summed E-state index contributed by atoms with van der Waals surface area (Å²) >= 11 is 0. The van der Waals surface area contributed by atoms with E-state index in [4.69, 9.17) is 9.47 Å². The molecule has 0 bridgehead atoms. The lowest BCUT2D eigenvalue weighted by molar-refractivity contribution is -0.143. The van der Waals surface area contributed by atoms with E-state index in [9.17, 15) is 4.79 Å². The zero-order valence-electron chi connectivity index (χ0n) is 11.1. The highest BCUT2D eigenvalue weighted by atomic mass is 16.5. The predicted octanol–water partition coefficient (Wildman–Crippen LogP) is 1.59. The minimum absolute atomic E-state index is 0.221. The van der Waals surface area contributed by atoms with Crippen LogP contribution in [0.1, 0.15) is 34.1 Å². The van der Waals surface area contributed by atoms with Crippen molar-refractivity contribution >= 4 is 5.97 Å². The Bertz CT molecular complexity index is 193. The summed E-state index contributed by atoms with van der Waals surface area (Å²) in [5.74, 6) is 0.302. The van der Waals surface area contributed by atoms with E-state index >= 15 is 0 Å². The largest absolute Gasteiger partial charge is 0.468 e. The molecule has 1 unspecified atom stereocenters. The summed E-state index contributed by atoms with van der Waals surface area (Å²) in [4.78, 5) is 11.4. The number of carbonyl (C=O) groups excluding carboxylic acids is 1. The minimum Gasteiger partial charge on any atom is -0.468 e. The van der Waals surface area contributed by atoms with E-state index in [1.54, 1.807) is 0 Å². The van der Waals surface area contributed by atoms with Gasteiger partial charge in [0.05, 0.1) is 7.11 Å². The normalized spacial score (nSPS) is 13.2. The van der Waals surface area contributed by atoms with Gasteiger partial charge in [0, 0.05) is 19.3 Å². The molecule has 96 valence electrons. The molecule has 0 aliphatic carbocycles. The summed E-state index contributed by atoms with van der Waals surface area (Å²) in [6.45, 7) is 9.53. The van der Waals surface area contributed by atoms with Gasteiger partial charge in [-0.2, -0.15) is 0 Å². The van der Waals surface area contributed by atoms with Gasteiger partial charge in [-0.3, -0.25) is 4.79 Å². The molecule has 16 heavy (non-hydrogen) atoms. The summed E-state index contributed by atoms with van der Waals surface area (Å²) in [7, 11) is 1.41. The highest BCUT2D eigenvalue weighted by molar-refractivity contribution is 5.75. The lowest BCUT2D eigenvalue weighted by Crippen LogP contribution is -2.42. The van der Waals surface area contributed by atoms with Crippen LogP contribution >= 0.6 is 0 Å². The molecule has 0 aromatic heterocycles. The van der Waals surface area contributed by atoms with Crippen molar-refractivity contribution < 1.29 is 14.3 Å². The number of carbonyl (C=O) groups is 1. The first-order valence-electron chi connectivity index (χ1n) is 5.89. The average molecular weight is 231 g/mol. The van der Waals surface area contributed by atoms with E-state index in [1.807, 2.05) is 13.8 Å². The van der Waals surface area contributed by atoms with E-state index in [2.05, 4.69) is 19.2 Å². The van der Waals surface area contributed by atoms with Gasteiger partial charge in [-0.25, -0.2) is 0 Å². The first-order chi connectivity index (χ1) is 7.47. The third-order valence-corrected chi connectivity index (χ3v) is 2.02. The second kappa shape index (κ2) is 8.53. The second-order valence-electron chi connectivity index (χ2n) is 4.65. The molecule has 0 fully saturated rings. The van der Waals surface area contributed by atoms with E-state index in [-0.39, 0.29) is 18.1 Å². The number of esters is 1. The first-order valence-corrected chi connectivity index (χ1v) is 5.89. The molecule has 0 amide bonds. The Morgan fingerprint density at radius 1 is 1.25 bits per heavy atom. The third kappa shape index (κ3) is 7.65. The quantitative estimate of drug-likeness (QED) is 0.509. The van der Waals surface area contributed by atoms with Gasteiger partial charge in [0.2, 0.25) is 0 Å². The van der Waals surface area contributed by atoms with Crippen molar-refractivity contribution in [3.63, 3.8) is 0 Å². The summed E-state index contributed by atoms with van der Waals surface area (Å²) < 4.78 is 10.2. The molecule has 4 nitrogen and oxygen atoms in total. The molecule has 0 aromatic rings. The van der Waals surface area contributed by atoms with Gasteiger partial charge < -0.3 is 14.8 Å². The Balaban J connectivity index is 3.88. The fourth-order valence-corrected chi connectivity index (χ4v) is 1.33. The monoisotopic (exact) mass is 231 g/mol. The topological polar surface area (TPSA) is 47.6 Å². The highest BCUT2D eigenvalue weighted by Gasteiger charge is 2.19. The summed E-state index contributed by atoms with van der Waals surface area (Å²) in [6, 6.07) is -0.00800. The standard InChI is InChI=1S/C12H25NO3/c1-9(2)8-16-7-6-11(12(14)15-5)13-10(3)4/h9-11,13H,6-8H2,1-5H3. The lowest BCUT2D eigenvalue weighted by Gasteiger charge is -2.19. The van der Waals surface area contributed by atoms with Crippen molar-refractivity contribution in [2.75, 3.05) is 20.3 Å². The van der Waals surface area contributed by atoms with Crippen LogP contribution in [-0.4, -0.2) is 38.4 Å². The van der Waals surface area contributed by atoms with E-state index in [0.29, 0.717) is 18.9 Å². The summed E-state index contributed by atoms with van der Waals surface area (Å²) in [5.41, 5.74) is 0. The number of rotatable bonds is 8. The predicted molar refractivity (Wildman–Crippen MR) is 64.3 cm³/mol. The van der Waals surface area contributed by atoms with Gasteiger partial charge in [-0.15, -0.1) is 0 Å². The van der Waals surface area contributed by atoms with Crippen LogP contribution in [0.15, 0.2) is 0 Å². The molecule has 4 heteroatoms. The molecule has 0 heterocycles. The molecule has 1 atom stereocenters. The van der Waals surface area contributed by atoms with Gasteiger partial charge in [0.25, 0.3) is 0 Å². The SMILES string of the molecule is COC(=O)C(CCOCC(C)C)NC(C)C. The maximum Gasteiger partial charge on any atom is 0.322 e. The van der Waals surface area contributed by atoms with Gasteiger partial charge in [0.15, 0.2) is 0 Å². The van der Waals surface area contributed by atoms with Gasteiger partial charge in [0.1, 0.15) is 6.04 Å². The maximum absolute atomic E-state index is 11.4. The molecular formula is C12H25NO3. The number of hydrogen-bond acceptors (Lipinski definition) is 4. The summed E-state index contributed by atoms with van der Waals surface area (Å²) in [5, 5.41) is 3.16. The zero-order chi connectivity index (χ0) is 12.6. The van der Waals surface area contributed by atoms with Crippen molar-refractivity contribution in [3.05, 3.63) is 0 Å². The average Bonchev–Trinajstić information content (AvgIpc) is 2.20. The number of methoxy groups -OCH3 is 1. The Morgan fingerprint density at radius 2 is 1.88 bits per heavy atom. The van der Waals surface area contributed by atoms with E-state index < -0.39 is 0 Å². The molecule has 0 saturated carbocycles. The number of ether oxygens (including phenoxy) is 2. The maximum atomic E-state index is 11.4. The molecule has 0 aromatic carbocycles. The third-order valence-electron chi connectivity index (χ3n) is 2.02. The van der Waals surface area contributed by atoms with Crippen LogP contribution in [0.25, 0.3) is 0 Å². The molecule has 0 radical (unpaired) electrons. The smallest absolute Gasteiger partial charge is 0.322 e. The van der Waals surface area contributed by atoms with Gasteiger partial charge >= 0.3 is 5.97 Å².